The molecule has 11 heteroatoms. The molecule has 4 aromatic carbocycles. The van der Waals surface area contributed by atoms with Crippen LogP contribution in [0.15, 0.2) is 106 Å². The minimum absolute atomic E-state index is 0.00512. The number of aryl methyl sites for hydroxylation is 3. The predicted octanol–water partition coefficient (Wildman–Crippen LogP) is 6.79. The average molecular weight is 617 g/mol. The minimum Gasteiger partial charge on any atom is -0.277 e. The first kappa shape index (κ1) is 27.9. The molecule has 0 unspecified atom stereocenters. The van der Waals surface area contributed by atoms with Crippen molar-refractivity contribution in [2.45, 2.75) is 35.5 Å². The van der Waals surface area contributed by atoms with Crippen LogP contribution in [0.25, 0.3) is 27.9 Å². The molecular weight excluding hydrogens is 592 g/mol. The lowest BCUT2D eigenvalue weighted by Crippen LogP contribution is -2.18. The Kier molecular flexibility index (Phi) is 6.80. The van der Waals surface area contributed by atoms with Crippen LogP contribution >= 0.6 is 11.6 Å². The van der Waals surface area contributed by atoms with Crippen molar-refractivity contribution in [3.63, 3.8) is 0 Å². The molecule has 0 amide bonds. The monoisotopic (exact) mass is 616 g/mol. The van der Waals surface area contributed by atoms with E-state index in [0.717, 1.165) is 16.7 Å². The summed E-state index contributed by atoms with van der Waals surface area (Å²) in [5.74, 6) is -0.194. The fourth-order valence-corrected chi connectivity index (χ4v) is 7.70. The van der Waals surface area contributed by atoms with Crippen LogP contribution in [0.3, 0.4) is 0 Å². The topological polar surface area (TPSA) is 111 Å². The Bertz CT molecular complexity index is 2210. The zero-order valence-electron chi connectivity index (χ0n) is 22.8. The molecule has 42 heavy (non-hydrogen) atoms. The Morgan fingerprint density at radius 1 is 0.690 bits per heavy atom. The van der Waals surface area contributed by atoms with Crippen molar-refractivity contribution >= 4 is 59.5 Å². The number of para-hydroxylation sites is 2. The second-order valence-electron chi connectivity index (χ2n) is 10.1. The molecule has 0 saturated carbocycles. The van der Waals surface area contributed by atoms with Gasteiger partial charge in [0.25, 0.3) is 10.0 Å². The van der Waals surface area contributed by atoms with Crippen LogP contribution < -0.4 is 4.72 Å². The van der Waals surface area contributed by atoms with Gasteiger partial charge in [-0.3, -0.25) is 9.29 Å². The highest BCUT2D eigenvalue weighted by Crippen LogP contribution is 2.40. The number of sulfone groups is 1. The fraction of sp³-hybridized carbons (Fsp3) is 0.0968. The number of hydrogen-bond acceptors (Lipinski definition) is 6. The Hall–Kier alpha value is -4.25. The zero-order chi connectivity index (χ0) is 29.8. The van der Waals surface area contributed by atoms with Crippen LogP contribution in [-0.4, -0.2) is 31.4 Å². The van der Waals surface area contributed by atoms with Gasteiger partial charge in [0.2, 0.25) is 9.84 Å². The molecule has 0 saturated heterocycles. The third-order valence-corrected chi connectivity index (χ3v) is 10.3. The minimum atomic E-state index is -4.32. The molecule has 0 radical (unpaired) electrons. The number of nitrogens with zero attached hydrogens (tertiary/aromatic N) is 3. The molecule has 8 nitrogen and oxygen atoms in total. The summed E-state index contributed by atoms with van der Waals surface area (Å²) in [7, 11) is -8.62. The molecule has 6 aromatic rings. The maximum Gasteiger partial charge on any atom is 0.263 e. The summed E-state index contributed by atoms with van der Waals surface area (Å²) < 4.78 is 60.6. The summed E-state index contributed by atoms with van der Waals surface area (Å²) in [6.07, 6.45) is 0. The largest absolute Gasteiger partial charge is 0.277 e. The lowest BCUT2D eigenvalue weighted by molar-refractivity contribution is 0.597. The second kappa shape index (κ2) is 10.2. The number of benzene rings is 4. The molecule has 0 atom stereocenters. The van der Waals surface area contributed by atoms with Gasteiger partial charge in [-0.1, -0.05) is 47.5 Å². The van der Waals surface area contributed by atoms with Gasteiger partial charge in [0.05, 0.1) is 20.8 Å². The number of halogens is 1. The summed E-state index contributed by atoms with van der Waals surface area (Å²) in [6, 6.07) is 24.7. The molecule has 0 aliphatic heterocycles. The fourth-order valence-electron chi connectivity index (χ4n) is 4.93. The van der Waals surface area contributed by atoms with E-state index in [0.29, 0.717) is 21.7 Å². The molecule has 6 rings (SSSR count). The molecule has 0 spiro atoms. The highest BCUT2D eigenvalue weighted by Gasteiger charge is 2.34. The van der Waals surface area contributed by atoms with Gasteiger partial charge >= 0.3 is 0 Å². The molecule has 2 heterocycles. The van der Waals surface area contributed by atoms with Gasteiger partial charge in [0.15, 0.2) is 5.65 Å². The van der Waals surface area contributed by atoms with E-state index in [1.54, 1.807) is 36.4 Å². The number of sulfonamides is 1. The van der Waals surface area contributed by atoms with E-state index in [9.17, 15) is 16.8 Å². The third kappa shape index (κ3) is 4.91. The number of fused-ring (bicyclic) bond motifs is 2. The summed E-state index contributed by atoms with van der Waals surface area (Å²) >= 11 is 6.01. The number of rotatable bonds is 6. The molecular formula is C31H25ClN4O4S2. The number of nitrogens with one attached hydrogen (secondary N) is 1. The van der Waals surface area contributed by atoms with Crippen molar-refractivity contribution in [1.82, 2.24) is 14.5 Å². The van der Waals surface area contributed by atoms with Crippen molar-refractivity contribution in [1.29, 1.82) is 0 Å². The molecule has 2 aromatic heterocycles. The van der Waals surface area contributed by atoms with Crippen molar-refractivity contribution in [2.75, 3.05) is 4.72 Å². The predicted molar refractivity (Wildman–Crippen MR) is 165 cm³/mol. The first-order valence-corrected chi connectivity index (χ1v) is 16.3. The molecule has 0 aliphatic carbocycles. The zero-order valence-corrected chi connectivity index (χ0v) is 25.2. The van der Waals surface area contributed by atoms with Gasteiger partial charge in [-0.15, -0.1) is 0 Å². The second-order valence-corrected chi connectivity index (χ2v) is 14.1. The highest BCUT2D eigenvalue weighted by atomic mass is 35.5. The number of aromatic nitrogens is 3. The van der Waals surface area contributed by atoms with Gasteiger partial charge in [0.1, 0.15) is 16.2 Å². The van der Waals surface area contributed by atoms with Crippen LogP contribution in [0.1, 0.15) is 16.7 Å². The Labute approximate surface area is 248 Å². The summed E-state index contributed by atoms with van der Waals surface area (Å²) in [4.78, 5) is 9.16. The quantitative estimate of drug-likeness (QED) is 0.221. The van der Waals surface area contributed by atoms with Gasteiger partial charge in [-0.2, -0.15) is 0 Å². The van der Waals surface area contributed by atoms with Crippen LogP contribution in [0, 0.1) is 20.8 Å². The maximum absolute atomic E-state index is 14.4. The highest BCUT2D eigenvalue weighted by molar-refractivity contribution is 7.93. The van der Waals surface area contributed by atoms with E-state index in [1.807, 2.05) is 39.0 Å². The Morgan fingerprint density at radius 3 is 1.88 bits per heavy atom. The summed E-state index contributed by atoms with van der Waals surface area (Å²) in [5.41, 5.74) is 4.43. The van der Waals surface area contributed by atoms with E-state index >= 15 is 0 Å². The van der Waals surface area contributed by atoms with Gasteiger partial charge < -0.3 is 0 Å². The molecule has 0 fully saturated rings. The van der Waals surface area contributed by atoms with Crippen LogP contribution in [0.5, 0.6) is 0 Å². The van der Waals surface area contributed by atoms with Crippen molar-refractivity contribution in [3.8, 4) is 5.69 Å². The van der Waals surface area contributed by atoms with Crippen LogP contribution in [0.4, 0.5) is 5.82 Å². The normalized spacial score (nSPS) is 12.2. The third-order valence-electron chi connectivity index (χ3n) is 6.84. The van der Waals surface area contributed by atoms with Crippen LogP contribution in [-0.2, 0) is 19.9 Å². The van der Waals surface area contributed by atoms with Crippen LogP contribution in [0.2, 0.25) is 5.02 Å². The first-order valence-electron chi connectivity index (χ1n) is 12.9. The van der Waals surface area contributed by atoms with E-state index in [2.05, 4.69) is 4.72 Å². The standard InChI is InChI=1S/C31H25ClN4O4S2/c1-19-8-12-24(13-9-19)41(37,38)29-28-30(34-27-7-5-4-6-26(27)33-28)36(23-17-20(2)16-21(3)18-23)31(29)35-42(39,40)25-14-10-22(32)11-15-25/h4-18,35H,1-3H3. The smallest absolute Gasteiger partial charge is 0.263 e. The van der Waals surface area contributed by atoms with E-state index in [-0.39, 0.29) is 31.7 Å². The molecule has 0 bridgehead atoms. The number of hydrogen-bond donors (Lipinski definition) is 1. The average Bonchev–Trinajstić information content (AvgIpc) is 3.24. The SMILES string of the molecule is Cc1ccc(S(=O)(=O)c2c(NS(=O)(=O)c3ccc(Cl)cc3)n(-c3cc(C)cc(C)c3)c3nc4ccccc4nc23)cc1. The Morgan fingerprint density at radius 2 is 1.26 bits per heavy atom. The van der Waals surface area contributed by atoms with E-state index in [4.69, 9.17) is 21.6 Å². The summed E-state index contributed by atoms with van der Waals surface area (Å²) in [6.45, 7) is 5.67. The molecule has 1 N–H and O–H groups in total. The van der Waals surface area contributed by atoms with E-state index < -0.39 is 19.9 Å². The van der Waals surface area contributed by atoms with Crippen molar-refractivity contribution in [2.24, 2.45) is 0 Å². The van der Waals surface area contributed by atoms with Crippen molar-refractivity contribution < 1.29 is 16.8 Å². The first-order chi connectivity index (χ1) is 19.9. The number of anilines is 1. The van der Waals surface area contributed by atoms with Crippen molar-refractivity contribution in [3.05, 3.63) is 113 Å². The lowest BCUT2D eigenvalue weighted by Gasteiger charge is -2.16. The van der Waals surface area contributed by atoms with E-state index in [1.165, 1.54) is 41.0 Å². The maximum atomic E-state index is 14.4. The summed E-state index contributed by atoms with van der Waals surface area (Å²) in [5, 5.41) is 0.362. The molecule has 212 valence electrons. The molecule has 0 aliphatic rings. The van der Waals surface area contributed by atoms with Gasteiger partial charge in [-0.05, 0) is 92.6 Å². The lowest BCUT2D eigenvalue weighted by atomic mass is 10.1. The Balaban J connectivity index is 1.76. The van der Waals surface area contributed by atoms with Gasteiger partial charge in [-0.25, -0.2) is 26.8 Å². The van der Waals surface area contributed by atoms with Gasteiger partial charge in [0, 0.05) is 10.7 Å².